The second-order valence-electron chi connectivity index (χ2n) is 5.24. The highest BCUT2D eigenvalue weighted by Gasteiger charge is 2.28. The molecule has 114 valence electrons. The summed E-state index contributed by atoms with van der Waals surface area (Å²) in [5.74, 6) is 0.632. The Labute approximate surface area is 131 Å². The van der Waals surface area contributed by atoms with E-state index in [0.717, 1.165) is 11.4 Å². The summed E-state index contributed by atoms with van der Waals surface area (Å²) in [5.41, 5.74) is 6.05. The van der Waals surface area contributed by atoms with Crippen LogP contribution in [0.2, 0.25) is 0 Å². The number of halogens is 1. The number of thiazole rings is 1. The molecule has 6 heteroatoms. The number of unbranched alkanes of at least 4 members (excludes halogenated alkanes) is 1. The monoisotopic (exact) mass is 317 g/mol. The normalized spacial score (nSPS) is 16.1. The molecule has 1 unspecified atom stereocenters. The Morgan fingerprint density at radius 1 is 1.60 bits per heavy atom. The van der Waals surface area contributed by atoms with E-state index < -0.39 is 0 Å². The van der Waals surface area contributed by atoms with Gasteiger partial charge in [-0.2, -0.15) is 0 Å². The Kier molecular flexibility index (Phi) is 7.48. The van der Waals surface area contributed by atoms with E-state index in [-0.39, 0.29) is 18.3 Å². The number of carbonyl (C=O) groups is 1. The maximum Gasteiger partial charge on any atom is 0.270 e. The average molecular weight is 318 g/mol. The van der Waals surface area contributed by atoms with Crippen LogP contribution in [-0.2, 0) is 6.54 Å². The van der Waals surface area contributed by atoms with E-state index in [4.69, 9.17) is 5.73 Å². The predicted octanol–water partition coefficient (Wildman–Crippen LogP) is 3.11. The minimum atomic E-state index is -0.0380. The molecule has 1 saturated carbocycles. The highest BCUT2D eigenvalue weighted by molar-refractivity contribution is 7.09. The van der Waals surface area contributed by atoms with Gasteiger partial charge in [-0.1, -0.05) is 26.2 Å². The predicted molar refractivity (Wildman–Crippen MR) is 85.4 cm³/mol. The van der Waals surface area contributed by atoms with Crippen LogP contribution in [0, 0.1) is 5.92 Å². The molecule has 0 spiro atoms. The van der Waals surface area contributed by atoms with Crippen LogP contribution in [0.15, 0.2) is 5.38 Å². The first-order chi connectivity index (χ1) is 9.24. The second kappa shape index (κ2) is 8.60. The number of nitrogens with one attached hydrogen (secondary N) is 1. The molecule has 1 heterocycles. The van der Waals surface area contributed by atoms with Crippen LogP contribution < -0.4 is 11.1 Å². The highest BCUT2D eigenvalue weighted by Crippen LogP contribution is 2.31. The summed E-state index contributed by atoms with van der Waals surface area (Å²) in [6, 6.07) is 0.323. The molecule has 1 aromatic heterocycles. The van der Waals surface area contributed by atoms with Gasteiger partial charge >= 0.3 is 0 Å². The second-order valence-corrected chi connectivity index (χ2v) is 6.19. The van der Waals surface area contributed by atoms with E-state index in [0.29, 0.717) is 24.2 Å². The van der Waals surface area contributed by atoms with Gasteiger partial charge in [-0.05, 0) is 25.2 Å². The summed E-state index contributed by atoms with van der Waals surface area (Å²) in [5, 5.41) is 5.79. The molecule has 0 radical (unpaired) electrons. The van der Waals surface area contributed by atoms with Crippen LogP contribution in [-0.4, -0.2) is 16.9 Å². The van der Waals surface area contributed by atoms with Gasteiger partial charge in [0.2, 0.25) is 0 Å². The first kappa shape index (κ1) is 17.4. The summed E-state index contributed by atoms with van der Waals surface area (Å²) >= 11 is 1.45. The number of rotatable bonds is 7. The van der Waals surface area contributed by atoms with Gasteiger partial charge < -0.3 is 11.1 Å². The van der Waals surface area contributed by atoms with Gasteiger partial charge in [-0.25, -0.2) is 4.98 Å². The fourth-order valence-electron chi connectivity index (χ4n) is 2.44. The molecule has 0 bridgehead atoms. The molecule has 1 fully saturated rings. The van der Waals surface area contributed by atoms with Gasteiger partial charge in [0.1, 0.15) is 10.7 Å². The topological polar surface area (TPSA) is 68.0 Å². The van der Waals surface area contributed by atoms with Gasteiger partial charge in [0.15, 0.2) is 0 Å². The van der Waals surface area contributed by atoms with Crippen LogP contribution in [0.25, 0.3) is 0 Å². The fourth-order valence-corrected chi connectivity index (χ4v) is 3.10. The van der Waals surface area contributed by atoms with Crippen molar-refractivity contribution in [1.29, 1.82) is 0 Å². The Balaban J connectivity index is 0.00000200. The molecule has 3 N–H and O–H groups in total. The zero-order valence-electron chi connectivity index (χ0n) is 11.9. The van der Waals surface area contributed by atoms with E-state index in [1.807, 2.05) is 0 Å². The van der Waals surface area contributed by atoms with Crippen molar-refractivity contribution in [2.45, 2.75) is 58.0 Å². The van der Waals surface area contributed by atoms with E-state index in [9.17, 15) is 4.79 Å². The minimum absolute atomic E-state index is 0. The summed E-state index contributed by atoms with van der Waals surface area (Å²) in [7, 11) is 0. The zero-order chi connectivity index (χ0) is 13.7. The number of hydrogen-bond acceptors (Lipinski definition) is 4. The van der Waals surface area contributed by atoms with E-state index in [1.54, 1.807) is 5.38 Å². The maximum absolute atomic E-state index is 12.2. The highest BCUT2D eigenvalue weighted by atomic mass is 35.5. The molecule has 1 amide bonds. The van der Waals surface area contributed by atoms with Crippen molar-refractivity contribution >= 4 is 29.7 Å². The van der Waals surface area contributed by atoms with Crippen LogP contribution >= 0.6 is 23.7 Å². The van der Waals surface area contributed by atoms with Crippen molar-refractivity contribution in [3.63, 3.8) is 0 Å². The number of hydrogen-bond donors (Lipinski definition) is 2. The van der Waals surface area contributed by atoms with Crippen molar-refractivity contribution in [2.75, 3.05) is 0 Å². The average Bonchev–Trinajstić information content (AvgIpc) is 2.82. The van der Waals surface area contributed by atoms with Crippen LogP contribution in [0.4, 0.5) is 0 Å². The summed E-state index contributed by atoms with van der Waals surface area (Å²) in [6.45, 7) is 2.59. The van der Waals surface area contributed by atoms with Crippen molar-refractivity contribution in [2.24, 2.45) is 11.7 Å². The summed E-state index contributed by atoms with van der Waals surface area (Å²) in [6.07, 6.45) is 7.23. The lowest BCUT2D eigenvalue weighted by molar-refractivity contribution is 0.0890. The molecule has 1 aliphatic carbocycles. The van der Waals surface area contributed by atoms with Crippen molar-refractivity contribution in [1.82, 2.24) is 10.3 Å². The number of nitrogens with two attached hydrogens (primary N) is 1. The van der Waals surface area contributed by atoms with Crippen LogP contribution in [0.3, 0.4) is 0 Å². The molecular weight excluding hydrogens is 294 g/mol. The SMILES string of the molecule is CCCCC(NC(=O)c1csc(CN)n1)C1CCC1.Cl. The van der Waals surface area contributed by atoms with E-state index >= 15 is 0 Å². The number of aromatic nitrogens is 1. The quantitative estimate of drug-likeness (QED) is 0.812. The molecule has 1 aliphatic rings. The molecule has 1 aromatic rings. The van der Waals surface area contributed by atoms with Gasteiger partial charge in [-0.15, -0.1) is 23.7 Å². The summed E-state index contributed by atoms with van der Waals surface area (Å²) < 4.78 is 0. The first-order valence-electron chi connectivity index (χ1n) is 7.20. The van der Waals surface area contributed by atoms with Gasteiger partial charge in [-0.3, -0.25) is 4.79 Å². The lowest BCUT2D eigenvalue weighted by Gasteiger charge is -2.34. The molecule has 0 saturated heterocycles. The third kappa shape index (κ3) is 4.43. The maximum atomic E-state index is 12.2. The number of carbonyl (C=O) groups excluding carboxylic acids is 1. The Morgan fingerprint density at radius 3 is 2.85 bits per heavy atom. The van der Waals surface area contributed by atoms with Crippen LogP contribution in [0.1, 0.15) is 60.9 Å². The Morgan fingerprint density at radius 2 is 2.35 bits per heavy atom. The van der Waals surface area contributed by atoms with Crippen molar-refractivity contribution < 1.29 is 4.79 Å². The standard InChI is InChI=1S/C14H23N3OS.ClH/c1-2-3-7-11(10-5-4-6-10)17-14(18)12-9-19-13(8-15)16-12;/h9-11H,2-8,15H2,1H3,(H,17,18);1H. The fraction of sp³-hybridized carbons (Fsp3) is 0.714. The molecule has 1 atom stereocenters. The molecule has 20 heavy (non-hydrogen) atoms. The molecule has 2 rings (SSSR count). The molecular formula is C14H24ClN3OS. The zero-order valence-corrected chi connectivity index (χ0v) is 13.6. The van der Waals surface area contributed by atoms with Gasteiger partial charge in [0, 0.05) is 18.0 Å². The minimum Gasteiger partial charge on any atom is -0.348 e. The Hall–Kier alpha value is -0.650. The molecule has 4 nitrogen and oxygen atoms in total. The number of nitrogens with zero attached hydrogens (tertiary/aromatic N) is 1. The van der Waals surface area contributed by atoms with Gasteiger partial charge in [0.25, 0.3) is 5.91 Å². The third-order valence-electron chi connectivity index (χ3n) is 3.86. The van der Waals surface area contributed by atoms with Crippen molar-refractivity contribution in [3.8, 4) is 0 Å². The van der Waals surface area contributed by atoms with Crippen molar-refractivity contribution in [3.05, 3.63) is 16.1 Å². The Bertz CT molecular complexity index is 420. The number of amides is 1. The van der Waals surface area contributed by atoms with Gasteiger partial charge in [0.05, 0.1) is 0 Å². The largest absolute Gasteiger partial charge is 0.348 e. The smallest absolute Gasteiger partial charge is 0.270 e. The summed E-state index contributed by atoms with van der Waals surface area (Å²) in [4.78, 5) is 16.4. The molecule has 0 aromatic carbocycles. The first-order valence-corrected chi connectivity index (χ1v) is 8.08. The van der Waals surface area contributed by atoms with E-state index in [1.165, 1.54) is 43.4 Å². The molecule has 0 aliphatic heterocycles. The lowest BCUT2D eigenvalue weighted by Crippen LogP contribution is -2.43. The van der Waals surface area contributed by atoms with E-state index in [2.05, 4.69) is 17.2 Å². The van der Waals surface area contributed by atoms with Crippen LogP contribution in [0.5, 0.6) is 0 Å². The lowest BCUT2D eigenvalue weighted by atomic mass is 9.78. The third-order valence-corrected chi connectivity index (χ3v) is 4.73.